The smallest absolute Gasteiger partial charge is 0.337 e. The lowest BCUT2D eigenvalue weighted by Crippen LogP contribution is -2.45. The van der Waals surface area contributed by atoms with Crippen molar-refractivity contribution in [1.29, 1.82) is 0 Å². The maximum absolute atomic E-state index is 12.6. The zero-order chi connectivity index (χ0) is 23.4. The molecule has 0 aliphatic carbocycles. The minimum absolute atomic E-state index is 0.317. The predicted molar refractivity (Wildman–Crippen MR) is 124 cm³/mol. The van der Waals surface area contributed by atoms with E-state index in [1.54, 1.807) is 17.7 Å². The largest absolute Gasteiger partial charge is 0.490 e. The normalized spacial score (nSPS) is 15.5. The van der Waals surface area contributed by atoms with Crippen LogP contribution in [0.25, 0.3) is 16.9 Å². The highest BCUT2D eigenvalue weighted by Crippen LogP contribution is 2.35. The average Bonchev–Trinajstić information content (AvgIpc) is 3.28. The first-order chi connectivity index (χ1) is 16.0. The van der Waals surface area contributed by atoms with Crippen LogP contribution in [-0.4, -0.2) is 35.5 Å². The van der Waals surface area contributed by atoms with Crippen LogP contribution in [0.5, 0.6) is 5.75 Å². The van der Waals surface area contributed by atoms with E-state index in [0.717, 1.165) is 11.3 Å². The minimum Gasteiger partial charge on any atom is -0.490 e. The van der Waals surface area contributed by atoms with E-state index in [2.05, 4.69) is 17.2 Å². The molecule has 2 aromatic carbocycles. The van der Waals surface area contributed by atoms with Crippen molar-refractivity contribution in [2.75, 3.05) is 13.7 Å². The lowest BCUT2D eigenvalue weighted by molar-refractivity contribution is -0.136. The first-order valence-electron chi connectivity index (χ1n) is 10.4. The van der Waals surface area contributed by atoms with Crippen LogP contribution in [0.1, 0.15) is 18.5 Å². The summed E-state index contributed by atoms with van der Waals surface area (Å²) in [7, 11) is 1.31. The van der Waals surface area contributed by atoms with Gasteiger partial charge in [-0.05, 0) is 43.3 Å². The lowest BCUT2D eigenvalue weighted by atomic mass is 9.94. The number of carbonyl (C=O) groups excluding carboxylic acids is 2. The van der Waals surface area contributed by atoms with Crippen LogP contribution in [0, 0.1) is 0 Å². The quantitative estimate of drug-likeness (QED) is 0.426. The van der Waals surface area contributed by atoms with E-state index in [0.29, 0.717) is 34.9 Å². The molecule has 3 aromatic rings. The number of carbonyl (C=O) groups is 2. The van der Waals surface area contributed by atoms with Crippen molar-refractivity contribution in [1.82, 2.24) is 20.4 Å². The van der Waals surface area contributed by atoms with Crippen molar-refractivity contribution < 1.29 is 19.1 Å². The molecule has 2 amide bonds. The van der Waals surface area contributed by atoms with E-state index in [1.165, 1.54) is 7.11 Å². The number of urea groups is 1. The van der Waals surface area contributed by atoms with Crippen LogP contribution < -0.4 is 15.4 Å². The Bertz CT molecular complexity index is 1210. The van der Waals surface area contributed by atoms with Crippen LogP contribution >= 0.6 is 0 Å². The van der Waals surface area contributed by atoms with Crippen molar-refractivity contribution in [3.8, 4) is 22.7 Å². The van der Waals surface area contributed by atoms with Crippen LogP contribution in [0.15, 0.2) is 84.7 Å². The molecular formula is C25H24N4O4. The highest BCUT2D eigenvalue weighted by Gasteiger charge is 2.35. The van der Waals surface area contributed by atoms with Gasteiger partial charge in [-0.1, -0.05) is 30.9 Å². The summed E-state index contributed by atoms with van der Waals surface area (Å²) >= 11 is 0. The van der Waals surface area contributed by atoms with E-state index in [-0.39, 0.29) is 0 Å². The Morgan fingerprint density at radius 1 is 1.18 bits per heavy atom. The van der Waals surface area contributed by atoms with Gasteiger partial charge in [0.1, 0.15) is 12.4 Å². The molecule has 1 aliphatic heterocycles. The Kier molecular flexibility index (Phi) is 6.26. The molecule has 1 aromatic heterocycles. The number of ether oxygens (including phenoxy) is 2. The molecule has 1 atom stereocenters. The lowest BCUT2D eigenvalue weighted by Gasteiger charge is -2.27. The van der Waals surface area contributed by atoms with Gasteiger partial charge in [0.15, 0.2) is 0 Å². The molecule has 0 radical (unpaired) electrons. The molecule has 1 aliphatic rings. The molecule has 0 spiro atoms. The molecule has 0 saturated heterocycles. The number of methoxy groups -OCH3 is 1. The van der Waals surface area contributed by atoms with Gasteiger partial charge in [-0.2, -0.15) is 5.10 Å². The van der Waals surface area contributed by atoms with Crippen LogP contribution in [0.4, 0.5) is 4.79 Å². The summed E-state index contributed by atoms with van der Waals surface area (Å²) in [5.74, 6) is 0.167. The number of aromatic nitrogens is 2. The van der Waals surface area contributed by atoms with E-state index in [9.17, 15) is 9.59 Å². The monoisotopic (exact) mass is 444 g/mol. The zero-order valence-corrected chi connectivity index (χ0v) is 18.4. The number of allylic oxidation sites excluding steroid dienone is 1. The van der Waals surface area contributed by atoms with Gasteiger partial charge in [0.05, 0.1) is 30.1 Å². The summed E-state index contributed by atoms with van der Waals surface area (Å²) in [6.45, 7) is 5.73. The third-order valence-corrected chi connectivity index (χ3v) is 5.24. The first kappa shape index (κ1) is 21.9. The number of nitrogens with one attached hydrogen (secondary N) is 2. The maximum atomic E-state index is 12.6. The average molecular weight is 444 g/mol. The number of nitrogens with zero attached hydrogens (tertiary/aromatic N) is 2. The molecule has 33 heavy (non-hydrogen) atoms. The fourth-order valence-electron chi connectivity index (χ4n) is 3.71. The second-order valence-electron chi connectivity index (χ2n) is 7.40. The Hall–Kier alpha value is -4.33. The van der Waals surface area contributed by atoms with Crippen molar-refractivity contribution in [2.24, 2.45) is 0 Å². The molecule has 0 unspecified atom stereocenters. The summed E-state index contributed by atoms with van der Waals surface area (Å²) in [5, 5.41) is 10.3. The van der Waals surface area contributed by atoms with Crippen molar-refractivity contribution in [2.45, 2.75) is 13.0 Å². The van der Waals surface area contributed by atoms with Crippen LogP contribution in [0.3, 0.4) is 0 Å². The summed E-state index contributed by atoms with van der Waals surface area (Å²) in [5.41, 5.74) is 3.68. The Labute approximate surface area is 191 Å². The summed E-state index contributed by atoms with van der Waals surface area (Å²) < 4.78 is 12.3. The molecule has 0 bridgehead atoms. The number of hydrogen-bond acceptors (Lipinski definition) is 5. The Morgan fingerprint density at radius 3 is 2.58 bits per heavy atom. The molecular weight excluding hydrogens is 420 g/mol. The molecule has 8 nitrogen and oxygen atoms in total. The second-order valence-corrected chi connectivity index (χ2v) is 7.40. The first-order valence-corrected chi connectivity index (χ1v) is 10.4. The second kappa shape index (κ2) is 9.44. The SMILES string of the molecule is C=CCOc1ccc(-c2nn(-c3ccccc3)cc2[C@@H]2NC(=O)NC(C)=C2C(=O)OC)cc1. The highest BCUT2D eigenvalue weighted by molar-refractivity contribution is 5.95. The van der Waals surface area contributed by atoms with Crippen LogP contribution in [0.2, 0.25) is 0 Å². The van der Waals surface area contributed by atoms with Gasteiger partial charge in [-0.15, -0.1) is 0 Å². The number of rotatable bonds is 7. The van der Waals surface area contributed by atoms with E-state index in [4.69, 9.17) is 14.6 Å². The van der Waals surface area contributed by atoms with Crippen molar-refractivity contribution in [3.63, 3.8) is 0 Å². The topological polar surface area (TPSA) is 94.5 Å². The molecule has 2 N–H and O–H groups in total. The Balaban J connectivity index is 1.85. The molecule has 2 heterocycles. The number of para-hydroxylation sites is 1. The Morgan fingerprint density at radius 2 is 1.91 bits per heavy atom. The molecule has 8 heteroatoms. The van der Waals surface area contributed by atoms with E-state index in [1.807, 2.05) is 60.8 Å². The predicted octanol–water partition coefficient (Wildman–Crippen LogP) is 3.91. The zero-order valence-electron chi connectivity index (χ0n) is 18.4. The summed E-state index contributed by atoms with van der Waals surface area (Å²) in [4.78, 5) is 24.9. The third kappa shape index (κ3) is 4.50. The fraction of sp³-hybridized carbons (Fsp3) is 0.160. The molecule has 0 saturated carbocycles. The van der Waals surface area contributed by atoms with Crippen molar-refractivity contribution in [3.05, 3.63) is 90.3 Å². The fourth-order valence-corrected chi connectivity index (χ4v) is 3.71. The molecule has 0 fully saturated rings. The van der Waals surface area contributed by atoms with Gasteiger partial charge in [0.2, 0.25) is 0 Å². The van der Waals surface area contributed by atoms with E-state index >= 15 is 0 Å². The number of hydrogen-bond donors (Lipinski definition) is 2. The third-order valence-electron chi connectivity index (χ3n) is 5.24. The highest BCUT2D eigenvalue weighted by atomic mass is 16.5. The summed E-state index contributed by atoms with van der Waals surface area (Å²) in [6, 6.07) is 15.9. The van der Waals surface area contributed by atoms with Gasteiger partial charge in [-0.25, -0.2) is 14.3 Å². The van der Waals surface area contributed by atoms with E-state index < -0.39 is 18.0 Å². The van der Waals surface area contributed by atoms with Gasteiger partial charge in [-0.3, -0.25) is 0 Å². The number of esters is 1. The van der Waals surface area contributed by atoms with Gasteiger partial charge < -0.3 is 20.1 Å². The molecule has 168 valence electrons. The maximum Gasteiger partial charge on any atom is 0.337 e. The summed E-state index contributed by atoms with van der Waals surface area (Å²) in [6.07, 6.45) is 3.50. The van der Waals surface area contributed by atoms with Crippen LogP contribution in [-0.2, 0) is 9.53 Å². The van der Waals surface area contributed by atoms with Gasteiger partial charge in [0.25, 0.3) is 0 Å². The standard InChI is InChI=1S/C25H24N4O4/c1-4-14-33-19-12-10-17(11-13-19)22-20(15-29(28-22)18-8-6-5-7-9-18)23-21(24(30)32-3)16(2)26-25(31)27-23/h4-13,15,23H,1,14H2,2-3H3,(H2,26,27,31)/t23-/m0/s1. The minimum atomic E-state index is -0.740. The number of benzene rings is 2. The molecule has 4 rings (SSSR count). The van der Waals surface area contributed by atoms with Crippen molar-refractivity contribution >= 4 is 12.0 Å². The van der Waals surface area contributed by atoms with Gasteiger partial charge in [0, 0.05) is 23.0 Å². The van der Waals surface area contributed by atoms with Gasteiger partial charge >= 0.3 is 12.0 Å². The number of amides is 2.